The molecule has 2 N–H and O–H groups in total. The molecule has 0 fully saturated rings. The van der Waals surface area contributed by atoms with Crippen LogP contribution >= 0.6 is 0 Å². The first-order chi connectivity index (χ1) is 5.29. The van der Waals surface area contributed by atoms with E-state index in [0.717, 1.165) is 11.3 Å². The van der Waals surface area contributed by atoms with E-state index >= 15 is 0 Å². The molecule has 0 radical (unpaired) electrons. The van der Waals surface area contributed by atoms with E-state index in [4.69, 9.17) is 6.42 Å². The quantitative estimate of drug-likeness (QED) is 0.517. The molecule has 1 aromatic heterocycles. The molecule has 0 spiro atoms. The van der Waals surface area contributed by atoms with E-state index in [1.165, 1.54) is 0 Å². The molecule has 0 aliphatic rings. The highest BCUT2D eigenvalue weighted by atomic mass is 15.2. The van der Waals surface area contributed by atoms with Gasteiger partial charge in [-0.1, -0.05) is 26.5 Å². The van der Waals surface area contributed by atoms with Gasteiger partial charge < -0.3 is 0 Å². The summed E-state index contributed by atoms with van der Waals surface area (Å²) in [6, 6.07) is 2.29. The topological polar surface area (TPSA) is 40.7 Å². The third-order valence-corrected chi connectivity index (χ3v) is 1.39. The van der Waals surface area contributed by atoms with Gasteiger partial charge in [0.05, 0.1) is 0 Å². The number of aromatic amines is 1. The van der Waals surface area contributed by atoms with Crippen molar-refractivity contribution in [3.63, 3.8) is 0 Å². The molecule has 0 saturated heterocycles. The van der Waals surface area contributed by atoms with Crippen LogP contribution in [0, 0.1) is 19.4 Å². The fraction of sp³-hybridized carbons (Fsp3) is 0.222. The highest BCUT2D eigenvalue weighted by molar-refractivity contribution is 5.65. The minimum absolute atomic E-state index is 0. The van der Waals surface area contributed by atoms with Crippen molar-refractivity contribution in [1.82, 2.24) is 10.2 Å². The van der Waals surface area contributed by atoms with Gasteiger partial charge in [-0.25, -0.2) is 0 Å². The smallest absolute Gasteiger partial charge is 0.166 e. The maximum Gasteiger partial charge on any atom is 0.166 e. The number of nitrogens with one attached hydrogen (secondary N) is 2. The molecule has 0 bridgehead atoms. The van der Waals surface area contributed by atoms with Crippen LogP contribution in [-0.4, -0.2) is 10.2 Å². The molecule has 1 heterocycles. The van der Waals surface area contributed by atoms with Gasteiger partial charge in [0.2, 0.25) is 0 Å². The van der Waals surface area contributed by atoms with Gasteiger partial charge in [-0.05, 0) is 6.92 Å². The van der Waals surface area contributed by atoms with Crippen molar-refractivity contribution >= 4 is 11.9 Å². The maximum atomic E-state index is 5.04. The van der Waals surface area contributed by atoms with Crippen molar-refractivity contribution in [3.8, 4) is 12.5 Å². The second kappa shape index (κ2) is 4.24. The van der Waals surface area contributed by atoms with Crippen LogP contribution in [0.1, 0.15) is 18.7 Å². The van der Waals surface area contributed by atoms with Gasteiger partial charge in [0.15, 0.2) is 5.82 Å². The zero-order valence-corrected chi connectivity index (χ0v) is 6.31. The molecular weight excluding hydrogens is 150 g/mol. The van der Waals surface area contributed by atoms with Gasteiger partial charge in [0.1, 0.15) is 0 Å². The Morgan fingerprint density at radius 1 is 1.75 bits per heavy atom. The normalized spacial score (nSPS) is 8.00. The largest absolute Gasteiger partial charge is 0.298 e. The summed E-state index contributed by atoms with van der Waals surface area (Å²) in [6.45, 7) is 5.55. The number of anilines is 1. The summed E-state index contributed by atoms with van der Waals surface area (Å²) in [4.78, 5) is 0. The van der Waals surface area contributed by atoms with Gasteiger partial charge >= 0.3 is 0 Å². The summed E-state index contributed by atoms with van der Waals surface area (Å²) >= 11 is 0. The standard InChI is InChI=1S/C8H9N3.CH4/c1-4-7-6(3)10-11-8(7)9-5-2;/h2,4H,1H2,3H3,(H2,9,10,11);1H4. The van der Waals surface area contributed by atoms with Crippen LogP contribution in [0.5, 0.6) is 0 Å². The van der Waals surface area contributed by atoms with Crippen molar-refractivity contribution in [2.75, 3.05) is 5.32 Å². The number of rotatable bonds is 2. The first-order valence-electron chi connectivity index (χ1n) is 3.18. The van der Waals surface area contributed by atoms with Crippen LogP contribution in [0.25, 0.3) is 6.08 Å². The number of aryl methyl sites for hydroxylation is 1. The third-order valence-electron chi connectivity index (χ3n) is 1.39. The zero-order valence-electron chi connectivity index (χ0n) is 6.31. The summed E-state index contributed by atoms with van der Waals surface area (Å²) in [6.07, 6.45) is 6.75. The van der Waals surface area contributed by atoms with Crippen molar-refractivity contribution in [1.29, 1.82) is 0 Å². The number of nitrogens with zero attached hydrogens (tertiary/aromatic N) is 1. The molecule has 12 heavy (non-hydrogen) atoms. The highest BCUT2D eigenvalue weighted by Gasteiger charge is 2.03. The summed E-state index contributed by atoms with van der Waals surface area (Å²) in [5.41, 5.74) is 1.88. The van der Waals surface area contributed by atoms with E-state index in [1.807, 2.05) is 6.92 Å². The number of hydrogen-bond acceptors (Lipinski definition) is 2. The summed E-state index contributed by atoms with van der Waals surface area (Å²) in [5.74, 6) is 0.653. The summed E-state index contributed by atoms with van der Waals surface area (Å²) in [7, 11) is 0. The fourth-order valence-electron chi connectivity index (χ4n) is 0.851. The minimum atomic E-state index is 0. The average Bonchev–Trinajstić information content (AvgIpc) is 2.33. The van der Waals surface area contributed by atoms with E-state index < -0.39 is 0 Å². The lowest BCUT2D eigenvalue weighted by molar-refractivity contribution is 1.05. The molecule has 0 aliphatic heterocycles. The zero-order chi connectivity index (χ0) is 8.27. The fourth-order valence-corrected chi connectivity index (χ4v) is 0.851. The first-order valence-corrected chi connectivity index (χ1v) is 3.18. The Morgan fingerprint density at radius 2 is 2.42 bits per heavy atom. The van der Waals surface area contributed by atoms with Crippen molar-refractivity contribution in [2.24, 2.45) is 0 Å². The lowest BCUT2D eigenvalue weighted by Gasteiger charge is -1.92. The summed E-state index contributed by atoms with van der Waals surface area (Å²) in [5, 5.41) is 9.38. The van der Waals surface area contributed by atoms with Crippen LogP contribution in [0.2, 0.25) is 0 Å². The van der Waals surface area contributed by atoms with E-state index in [1.54, 1.807) is 6.08 Å². The Kier molecular flexibility index (Phi) is 3.65. The molecule has 0 atom stereocenters. The van der Waals surface area contributed by atoms with Crippen LogP contribution in [0.3, 0.4) is 0 Å². The molecule has 0 aromatic carbocycles. The highest BCUT2D eigenvalue weighted by Crippen LogP contribution is 2.15. The molecule has 3 heteroatoms. The Labute approximate surface area is 72.9 Å². The van der Waals surface area contributed by atoms with Gasteiger partial charge in [-0.3, -0.25) is 10.4 Å². The SMILES string of the molecule is C.C#CNc1n[nH]c(C)c1C=C. The van der Waals surface area contributed by atoms with E-state index in [0.29, 0.717) is 5.82 Å². The molecule has 0 aliphatic carbocycles. The third kappa shape index (κ3) is 1.67. The van der Waals surface area contributed by atoms with E-state index in [-0.39, 0.29) is 7.43 Å². The Bertz CT molecular complexity index is 304. The number of terminal acetylenes is 1. The number of H-pyrrole nitrogens is 1. The van der Waals surface area contributed by atoms with Crippen LogP contribution in [-0.2, 0) is 0 Å². The Morgan fingerprint density at radius 3 is 2.92 bits per heavy atom. The molecule has 64 valence electrons. The lowest BCUT2D eigenvalue weighted by Crippen LogP contribution is -1.89. The van der Waals surface area contributed by atoms with Crippen LogP contribution in [0.15, 0.2) is 6.58 Å². The second-order valence-corrected chi connectivity index (χ2v) is 2.08. The van der Waals surface area contributed by atoms with Crippen molar-refractivity contribution in [2.45, 2.75) is 14.4 Å². The predicted molar refractivity (Wildman–Crippen MR) is 52.6 cm³/mol. The average molecular weight is 163 g/mol. The van der Waals surface area contributed by atoms with E-state index in [9.17, 15) is 0 Å². The Balaban J connectivity index is 0.00000121. The van der Waals surface area contributed by atoms with Gasteiger partial charge in [0, 0.05) is 17.3 Å². The molecule has 0 amide bonds. The predicted octanol–water partition coefficient (Wildman–Crippen LogP) is 2.00. The van der Waals surface area contributed by atoms with Crippen molar-refractivity contribution < 1.29 is 0 Å². The molecule has 1 aromatic rings. The molecular formula is C9H13N3. The van der Waals surface area contributed by atoms with Crippen molar-refractivity contribution in [3.05, 3.63) is 17.8 Å². The monoisotopic (exact) mass is 163 g/mol. The minimum Gasteiger partial charge on any atom is -0.298 e. The van der Waals surface area contributed by atoms with Gasteiger partial charge in [0.25, 0.3) is 0 Å². The number of aromatic nitrogens is 2. The number of hydrogen-bond donors (Lipinski definition) is 2. The lowest BCUT2D eigenvalue weighted by atomic mass is 10.2. The van der Waals surface area contributed by atoms with Crippen LogP contribution in [0.4, 0.5) is 5.82 Å². The molecule has 0 unspecified atom stereocenters. The second-order valence-electron chi connectivity index (χ2n) is 2.08. The molecule has 3 nitrogen and oxygen atoms in total. The molecule has 0 saturated carbocycles. The Hall–Kier alpha value is -1.69. The molecule has 1 rings (SSSR count). The van der Waals surface area contributed by atoms with Gasteiger partial charge in [-0.15, -0.1) is 0 Å². The first kappa shape index (κ1) is 10.3. The van der Waals surface area contributed by atoms with E-state index in [2.05, 4.69) is 28.1 Å². The van der Waals surface area contributed by atoms with Crippen LogP contribution < -0.4 is 5.32 Å². The maximum absolute atomic E-state index is 5.04. The summed E-state index contributed by atoms with van der Waals surface area (Å²) < 4.78 is 0. The van der Waals surface area contributed by atoms with Gasteiger partial charge in [-0.2, -0.15) is 5.10 Å².